The average molecular weight is 158 g/mol. The SMILES string of the molecule is CON(C)C(=O)CC1CNC1. The fourth-order valence-corrected chi connectivity index (χ4v) is 0.970. The number of amides is 1. The van der Waals surface area contributed by atoms with Crippen molar-refractivity contribution in [1.82, 2.24) is 10.4 Å². The average Bonchev–Trinajstić information content (AvgIpc) is 1.94. The van der Waals surface area contributed by atoms with Gasteiger partial charge in [-0.25, -0.2) is 5.06 Å². The van der Waals surface area contributed by atoms with Crippen molar-refractivity contribution in [2.75, 3.05) is 27.2 Å². The molecule has 11 heavy (non-hydrogen) atoms. The monoisotopic (exact) mass is 158 g/mol. The van der Waals surface area contributed by atoms with Gasteiger partial charge in [-0.2, -0.15) is 0 Å². The van der Waals surface area contributed by atoms with Gasteiger partial charge >= 0.3 is 0 Å². The maximum absolute atomic E-state index is 11.2. The number of hydrogen-bond acceptors (Lipinski definition) is 3. The third-order valence-electron chi connectivity index (χ3n) is 1.95. The van der Waals surface area contributed by atoms with Crippen LogP contribution in [0.3, 0.4) is 0 Å². The number of carbonyl (C=O) groups is 1. The van der Waals surface area contributed by atoms with E-state index < -0.39 is 0 Å². The number of nitrogens with zero attached hydrogens (tertiary/aromatic N) is 1. The van der Waals surface area contributed by atoms with E-state index in [9.17, 15) is 4.79 Å². The second-order valence-electron chi connectivity index (χ2n) is 2.80. The Balaban J connectivity index is 2.19. The lowest BCUT2D eigenvalue weighted by Gasteiger charge is -2.27. The van der Waals surface area contributed by atoms with Crippen LogP contribution in [-0.2, 0) is 9.63 Å². The van der Waals surface area contributed by atoms with Crippen LogP contribution in [0.1, 0.15) is 6.42 Å². The number of hydroxylamine groups is 2. The Labute approximate surface area is 66.5 Å². The highest BCUT2D eigenvalue weighted by atomic mass is 16.7. The normalized spacial score (nSPS) is 17.6. The summed E-state index contributed by atoms with van der Waals surface area (Å²) in [5.74, 6) is 0.569. The van der Waals surface area contributed by atoms with Gasteiger partial charge in [0.05, 0.1) is 7.11 Å². The molecule has 1 aliphatic rings. The van der Waals surface area contributed by atoms with Gasteiger partial charge in [0.25, 0.3) is 0 Å². The third-order valence-corrected chi connectivity index (χ3v) is 1.95. The van der Waals surface area contributed by atoms with Crippen LogP contribution in [0.5, 0.6) is 0 Å². The minimum absolute atomic E-state index is 0.0546. The first kappa shape index (κ1) is 8.49. The number of nitrogens with one attached hydrogen (secondary N) is 1. The van der Waals surface area contributed by atoms with Crippen LogP contribution in [0.2, 0.25) is 0 Å². The molecule has 1 fully saturated rings. The fourth-order valence-electron chi connectivity index (χ4n) is 0.970. The Bertz CT molecular complexity index is 145. The summed E-state index contributed by atoms with van der Waals surface area (Å²) in [7, 11) is 3.13. The van der Waals surface area contributed by atoms with E-state index in [1.807, 2.05) is 0 Å². The largest absolute Gasteiger partial charge is 0.316 e. The topological polar surface area (TPSA) is 41.6 Å². The molecule has 1 heterocycles. The van der Waals surface area contributed by atoms with Gasteiger partial charge in [-0.15, -0.1) is 0 Å². The molecule has 1 aliphatic heterocycles. The summed E-state index contributed by atoms with van der Waals surface area (Å²) < 4.78 is 0. The van der Waals surface area contributed by atoms with Gasteiger partial charge in [0.2, 0.25) is 5.91 Å². The minimum Gasteiger partial charge on any atom is -0.316 e. The zero-order valence-electron chi connectivity index (χ0n) is 6.96. The summed E-state index contributed by atoms with van der Waals surface area (Å²) in [6.45, 7) is 1.92. The highest BCUT2D eigenvalue weighted by Gasteiger charge is 2.21. The molecule has 0 aromatic carbocycles. The van der Waals surface area contributed by atoms with Gasteiger partial charge in [-0.1, -0.05) is 0 Å². The molecular formula is C7H14N2O2. The predicted molar refractivity (Wildman–Crippen MR) is 40.8 cm³/mol. The Hall–Kier alpha value is -0.610. The highest BCUT2D eigenvalue weighted by Crippen LogP contribution is 2.09. The van der Waals surface area contributed by atoms with Gasteiger partial charge in [0.15, 0.2) is 0 Å². The molecule has 4 heteroatoms. The van der Waals surface area contributed by atoms with E-state index in [2.05, 4.69) is 5.32 Å². The van der Waals surface area contributed by atoms with Crippen LogP contribution >= 0.6 is 0 Å². The number of rotatable bonds is 3. The molecule has 1 saturated heterocycles. The third kappa shape index (κ3) is 2.17. The highest BCUT2D eigenvalue weighted by molar-refractivity contribution is 5.75. The molecule has 1 amide bonds. The number of hydrogen-bond donors (Lipinski definition) is 1. The molecule has 0 radical (unpaired) electrons. The maximum Gasteiger partial charge on any atom is 0.246 e. The van der Waals surface area contributed by atoms with Crippen molar-refractivity contribution in [2.45, 2.75) is 6.42 Å². The van der Waals surface area contributed by atoms with E-state index in [0.29, 0.717) is 12.3 Å². The van der Waals surface area contributed by atoms with Crippen molar-refractivity contribution in [3.8, 4) is 0 Å². The van der Waals surface area contributed by atoms with Gasteiger partial charge in [0, 0.05) is 13.5 Å². The Morgan fingerprint density at radius 1 is 1.73 bits per heavy atom. The van der Waals surface area contributed by atoms with Crippen LogP contribution in [0.4, 0.5) is 0 Å². The second kappa shape index (κ2) is 3.69. The van der Waals surface area contributed by atoms with Crippen LogP contribution < -0.4 is 5.32 Å². The quantitative estimate of drug-likeness (QED) is 0.569. The molecule has 0 spiro atoms. The first-order valence-electron chi connectivity index (χ1n) is 3.75. The lowest BCUT2D eigenvalue weighted by Crippen LogP contribution is -2.44. The molecule has 0 atom stereocenters. The molecule has 0 unspecified atom stereocenters. The van der Waals surface area contributed by atoms with Gasteiger partial charge in [-0.05, 0) is 19.0 Å². The molecule has 0 saturated carbocycles. The molecule has 1 rings (SSSR count). The Morgan fingerprint density at radius 2 is 2.36 bits per heavy atom. The first-order valence-corrected chi connectivity index (χ1v) is 3.75. The first-order chi connectivity index (χ1) is 5.24. The van der Waals surface area contributed by atoms with Crippen molar-refractivity contribution in [3.63, 3.8) is 0 Å². The zero-order chi connectivity index (χ0) is 8.27. The molecule has 0 aliphatic carbocycles. The summed E-state index contributed by atoms with van der Waals surface area (Å²) >= 11 is 0. The summed E-state index contributed by atoms with van der Waals surface area (Å²) in [5.41, 5.74) is 0. The Kier molecular flexibility index (Phi) is 2.84. The zero-order valence-corrected chi connectivity index (χ0v) is 6.96. The van der Waals surface area contributed by atoms with E-state index >= 15 is 0 Å². The molecule has 0 aromatic rings. The van der Waals surface area contributed by atoms with Crippen molar-refractivity contribution >= 4 is 5.91 Å². The van der Waals surface area contributed by atoms with Crippen molar-refractivity contribution in [3.05, 3.63) is 0 Å². The molecule has 64 valence electrons. The molecular weight excluding hydrogens is 144 g/mol. The van der Waals surface area contributed by atoms with Gasteiger partial charge in [-0.3, -0.25) is 9.63 Å². The standard InChI is InChI=1S/C7H14N2O2/c1-9(11-2)7(10)3-6-4-8-5-6/h6,8H,3-5H2,1-2H3. The van der Waals surface area contributed by atoms with Crippen LogP contribution in [-0.4, -0.2) is 38.2 Å². The van der Waals surface area contributed by atoms with E-state index in [1.54, 1.807) is 7.05 Å². The predicted octanol–water partition coefficient (Wildman–Crippen LogP) is -0.384. The van der Waals surface area contributed by atoms with Crippen molar-refractivity contribution < 1.29 is 9.63 Å². The van der Waals surface area contributed by atoms with Crippen molar-refractivity contribution in [1.29, 1.82) is 0 Å². The van der Waals surface area contributed by atoms with Crippen molar-refractivity contribution in [2.24, 2.45) is 5.92 Å². The lowest BCUT2D eigenvalue weighted by atomic mass is 9.99. The van der Waals surface area contributed by atoms with Gasteiger partial charge in [0.1, 0.15) is 0 Å². The fraction of sp³-hybridized carbons (Fsp3) is 0.857. The smallest absolute Gasteiger partial charge is 0.246 e. The summed E-state index contributed by atoms with van der Waals surface area (Å²) in [6.07, 6.45) is 0.595. The Morgan fingerprint density at radius 3 is 2.73 bits per heavy atom. The van der Waals surface area contributed by atoms with Crippen LogP contribution in [0.15, 0.2) is 0 Å². The molecule has 0 bridgehead atoms. The van der Waals surface area contributed by atoms with E-state index in [4.69, 9.17) is 4.84 Å². The lowest BCUT2D eigenvalue weighted by molar-refractivity contribution is -0.170. The van der Waals surface area contributed by atoms with E-state index in [-0.39, 0.29) is 5.91 Å². The molecule has 0 aromatic heterocycles. The molecule has 1 N–H and O–H groups in total. The number of carbonyl (C=O) groups excluding carboxylic acids is 1. The summed E-state index contributed by atoms with van der Waals surface area (Å²) in [4.78, 5) is 15.9. The second-order valence-corrected chi connectivity index (χ2v) is 2.80. The van der Waals surface area contributed by atoms with Crippen LogP contribution in [0.25, 0.3) is 0 Å². The van der Waals surface area contributed by atoms with Gasteiger partial charge < -0.3 is 5.32 Å². The summed E-state index contributed by atoms with van der Waals surface area (Å²) in [6, 6.07) is 0. The van der Waals surface area contributed by atoms with E-state index in [0.717, 1.165) is 13.1 Å². The van der Waals surface area contributed by atoms with Crippen LogP contribution in [0, 0.1) is 5.92 Å². The summed E-state index contributed by atoms with van der Waals surface area (Å²) in [5, 5.41) is 4.39. The minimum atomic E-state index is 0.0546. The molecule has 4 nitrogen and oxygen atoms in total. The van der Waals surface area contributed by atoms with E-state index in [1.165, 1.54) is 12.2 Å². The maximum atomic E-state index is 11.2.